The fourth-order valence-electron chi connectivity index (χ4n) is 2.01. The molecule has 0 bridgehead atoms. The number of halogens is 2. The topological polar surface area (TPSA) is 20.2 Å². The van der Waals surface area contributed by atoms with Crippen molar-refractivity contribution < 1.29 is 9.50 Å². The Hall–Kier alpha value is -1.19. The predicted molar refractivity (Wildman–Crippen MR) is 78.7 cm³/mol. The number of rotatable bonds is 4. The van der Waals surface area contributed by atoms with Gasteiger partial charge in [0.15, 0.2) is 0 Å². The SMILES string of the molecule is Cc1ccc(CC(O)Cc2ccc(F)c(Br)c2)cc1. The second-order valence-corrected chi connectivity index (χ2v) is 5.65. The third-order valence-electron chi connectivity index (χ3n) is 3.05. The van der Waals surface area contributed by atoms with E-state index in [-0.39, 0.29) is 5.82 Å². The van der Waals surface area contributed by atoms with Gasteiger partial charge in [-0.2, -0.15) is 0 Å². The van der Waals surface area contributed by atoms with Crippen LogP contribution in [0.1, 0.15) is 16.7 Å². The van der Waals surface area contributed by atoms with E-state index in [0.717, 1.165) is 11.1 Å². The minimum absolute atomic E-state index is 0.281. The lowest BCUT2D eigenvalue weighted by molar-refractivity contribution is 0.175. The largest absolute Gasteiger partial charge is 0.392 e. The van der Waals surface area contributed by atoms with Crippen molar-refractivity contribution in [3.63, 3.8) is 0 Å². The quantitative estimate of drug-likeness (QED) is 0.900. The molecule has 0 saturated carbocycles. The first kappa shape index (κ1) is 14.2. The summed E-state index contributed by atoms with van der Waals surface area (Å²) in [6.07, 6.45) is 0.669. The van der Waals surface area contributed by atoms with Gasteiger partial charge in [-0.3, -0.25) is 0 Å². The number of hydrogen-bond donors (Lipinski definition) is 1. The standard InChI is InChI=1S/C16H16BrFO/c1-11-2-4-12(5-3-11)8-14(19)9-13-6-7-16(18)15(17)10-13/h2-7,10,14,19H,8-9H2,1H3. The second kappa shape index (κ2) is 6.31. The molecule has 3 heteroatoms. The van der Waals surface area contributed by atoms with Gasteiger partial charge in [0.2, 0.25) is 0 Å². The fourth-order valence-corrected chi connectivity index (χ4v) is 2.43. The Labute approximate surface area is 121 Å². The maximum atomic E-state index is 13.1. The Morgan fingerprint density at radius 2 is 1.63 bits per heavy atom. The van der Waals surface area contributed by atoms with Crippen LogP contribution in [-0.2, 0) is 12.8 Å². The normalized spacial score (nSPS) is 12.4. The van der Waals surface area contributed by atoms with Gasteiger partial charge >= 0.3 is 0 Å². The molecule has 1 atom stereocenters. The monoisotopic (exact) mass is 322 g/mol. The Morgan fingerprint density at radius 3 is 2.26 bits per heavy atom. The van der Waals surface area contributed by atoms with E-state index in [2.05, 4.69) is 15.9 Å². The van der Waals surface area contributed by atoms with E-state index in [0.29, 0.717) is 17.3 Å². The lowest BCUT2D eigenvalue weighted by Crippen LogP contribution is -2.14. The van der Waals surface area contributed by atoms with Gasteiger partial charge in [0.1, 0.15) is 5.82 Å². The van der Waals surface area contributed by atoms with Crippen LogP contribution >= 0.6 is 15.9 Å². The molecule has 0 aliphatic heterocycles. The molecule has 0 radical (unpaired) electrons. The zero-order valence-corrected chi connectivity index (χ0v) is 12.3. The van der Waals surface area contributed by atoms with Crippen LogP contribution in [-0.4, -0.2) is 11.2 Å². The summed E-state index contributed by atoms with van der Waals surface area (Å²) in [7, 11) is 0. The molecule has 2 aromatic rings. The summed E-state index contributed by atoms with van der Waals surface area (Å²) < 4.78 is 13.5. The highest BCUT2D eigenvalue weighted by Crippen LogP contribution is 2.18. The highest BCUT2D eigenvalue weighted by molar-refractivity contribution is 9.10. The molecule has 1 N–H and O–H groups in total. The molecule has 1 unspecified atom stereocenters. The molecule has 0 spiro atoms. The van der Waals surface area contributed by atoms with Crippen LogP contribution in [0.5, 0.6) is 0 Å². The highest BCUT2D eigenvalue weighted by Gasteiger charge is 2.08. The van der Waals surface area contributed by atoms with Crippen molar-refractivity contribution in [3.05, 3.63) is 69.4 Å². The molecule has 0 amide bonds. The lowest BCUT2D eigenvalue weighted by Gasteiger charge is -2.11. The van der Waals surface area contributed by atoms with Gasteiger partial charge in [0.25, 0.3) is 0 Å². The highest BCUT2D eigenvalue weighted by atomic mass is 79.9. The van der Waals surface area contributed by atoms with Crippen LogP contribution in [0.3, 0.4) is 0 Å². The first-order valence-electron chi connectivity index (χ1n) is 6.22. The van der Waals surface area contributed by atoms with E-state index in [1.165, 1.54) is 11.6 Å². The molecular weight excluding hydrogens is 307 g/mol. The molecule has 0 saturated heterocycles. The molecule has 0 aliphatic carbocycles. The summed E-state index contributed by atoms with van der Waals surface area (Å²) in [6.45, 7) is 2.04. The minimum Gasteiger partial charge on any atom is -0.392 e. The number of aliphatic hydroxyl groups is 1. The first-order chi connectivity index (χ1) is 9.04. The van der Waals surface area contributed by atoms with Crippen LogP contribution in [0.15, 0.2) is 46.9 Å². The molecule has 0 aromatic heterocycles. The molecule has 0 aliphatic rings. The van der Waals surface area contributed by atoms with Crippen LogP contribution in [0, 0.1) is 12.7 Å². The number of aryl methyl sites for hydroxylation is 1. The van der Waals surface area contributed by atoms with E-state index < -0.39 is 6.10 Å². The van der Waals surface area contributed by atoms with Crippen LogP contribution < -0.4 is 0 Å². The van der Waals surface area contributed by atoms with Gasteiger partial charge in [-0.25, -0.2) is 4.39 Å². The molecule has 2 rings (SSSR count). The van der Waals surface area contributed by atoms with E-state index in [9.17, 15) is 9.50 Å². The van der Waals surface area contributed by atoms with Crippen LogP contribution in [0.4, 0.5) is 4.39 Å². The Kier molecular flexibility index (Phi) is 4.72. The number of benzene rings is 2. The zero-order chi connectivity index (χ0) is 13.8. The summed E-state index contributed by atoms with van der Waals surface area (Å²) >= 11 is 3.15. The summed E-state index contributed by atoms with van der Waals surface area (Å²) in [4.78, 5) is 0. The molecular formula is C16H16BrFO. The fraction of sp³-hybridized carbons (Fsp3) is 0.250. The molecule has 0 fully saturated rings. The van der Waals surface area contributed by atoms with E-state index >= 15 is 0 Å². The van der Waals surface area contributed by atoms with Crippen molar-refractivity contribution >= 4 is 15.9 Å². The van der Waals surface area contributed by atoms with Crippen LogP contribution in [0.25, 0.3) is 0 Å². The van der Waals surface area contributed by atoms with Crippen molar-refractivity contribution in [1.82, 2.24) is 0 Å². The Balaban J connectivity index is 1.98. The lowest BCUT2D eigenvalue weighted by atomic mass is 10.0. The Bertz CT molecular complexity index is 551. The smallest absolute Gasteiger partial charge is 0.137 e. The van der Waals surface area contributed by atoms with Gasteiger partial charge in [0, 0.05) is 0 Å². The maximum absolute atomic E-state index is 13.1. The summed E-state index contributed by atoms with van der Waals surface area (Å²) in [5.41, 5.74) is 3.24. The summed E-state index contributed by atoms with van der Waals surface area (Å²) in [6, 6.07) is 13.0. The third-order valence-corrected chi connectivity index (χ3v) is 3.65. The number of aliphatic hydroxyl groups excluding tert-OH is 1. The Morgan fingerprint density at radius 1 is 1.05 bits per heavy atom. The summed E-state index contributed by atoms with van der Waals surface area (Å²) in [5.74, 6) is -0.281. The second-order valence-electron chi connectivity index (χ2n) is 4.80. The summed E-state index contributed by atoms with van der Waals surface area (Å²) in [5, 5.41) is 10.1. The third kappa shape index (κ3) is 4.15. The van der Waals surface area contributed by atoms with Gasteiger partial charge in [-0.15, -0.1) is 0 Å². The molecule has 19 heavy (non-hydrogen) atoms. The molecule has 100 valence electrons. The average Bonchev–Trinajstić information content (AvgIpc) is 2.37. The van der Waals surface area contributed by atoms with Crippen molar-refractivity contribution in [1.29, 1.82) is 0 Å². The van der Waals surface area contributed by atoms with E-state index in [1.807, 2.05) is 31.2 Å². The van der Waals surface area contributed by atoms with Gasteiger partial charge < -0.3 is 5.11 Å². The van der Waals surface area contributed by atoms with Crippen molar-refractivity contribution in [2.24, 2.45) is 0 Å². The maximum Gasteiger partial charge on any atom is 0.137 e. The first-order valence-corrected chi connectivity index (χ1v) is 7.01. The van der Waals surface area contributed by atoms with Gasteiger partial charge in [-0.05, 0) is 59.0 Å². The zero-order valence-electron chi connectivity index (χ0n) is 10.7. The van der Waals surface area contributed by atoms with Crippen molar-refractivity contribution in [2.45, 2.75) is 25.9 Å². The van der Waals surface area contributed by atoms with Crippen LogP contribution in [0.2, 0.25) is 0 Å². The minimum atomic E-state index is -0.458. The predicted octanol–water partition coefficient (Wildman–Crippen LogP) is 4.04. The van der Waals surface area contributed by atoms with Gasteiger partial charge in [0.05, 0.1) is 10.6 Å². The molecule has 1 nitrogen and oxygen atoms in total. The van der Waals surface area contributed by atoms with E-state index in [4.69, 9.17) is 0 Å². The van der Waals surface area contributed by atoms with Crippen molar-refractivity contribution in [2.75, 3.05) is 0 Å². The number of hydrogen-bond acceptors (Lipinski definition) is 1. The molecule has 2 aromatic carbocycles. The van der Waals surface area contributed by atoms with Gasteiger partial charge in [-0.1, -0.05) is 35.9 Å². The molecule has 0 heterocycles. The average molecular weight is 323 g/mol. The van der Waals surface area contributed by atoms with E-state index in [1.54, 1.807) is 12.1 Å². The van der Waals surface area contributed by atoms with Crippen molar-refractivity contribution in [3.8, 4) is 0 Å².